The zero-order valence-corrected chi connectivity index (χ0v) is 11.0. The molecule has 5 nitrogen and oxygen atoms in total. The SMILES string of the molecule is CNC(=O)OC1CC(C(=O)O)(c2ccccc2C)C1. The molecule has 1 aromatic rings. The minimum absolute atomic E-state index is 0.320. The van der Waals surface area contributed by atoms with Crippen LogP contribution in [0.3, 0.4) is 0 Å². The first kappa shape index (κ1) is 13.4. The summed E-state index contributed by atoms with van der Waals surface area (Å²) in [5, 5.41) is 11.9. The van der Waals surface area contributed by atoms with Gasteiger partial charge in [0, 0.05) is 19.9 Å². The number of carbonyl (C=O) groups excluding carboxylic acids is 1. The van der Waals surface area contributed by atoms with Gasteiger partial charge in [0.1, 0.15) is 6.10 Å². The van der Waals surface area contributed by atoms with Gasteiger partial charge in [-0.15, -0.1) is 0 Å². The Kier molecular flexibility index (Phi) is 3.46. The van der Waals surface area contributed by atoms with Gasteiger partial charge < -0.3 is 15.2 Å². The normalized spacial score (nSPS) is 25.3. The van der Waals surface area contributed by atoms with Crippen molar-refractivity contribution in [2.45, 2.75) is 31.3 Å². The summed E-state index contributed by atoms with van der Waals surface area (Å²) >= 11 is 0. The zero-order valence-electron chi connectivity index (χ0n) is 11.0. The highest BCUT2D eigenvalue weighted by Crippen LogP contribution is 2.46. The van der Waals surface area contributed by atoms with Gasteiger partial charge in [0.25, 0.3) is 0 Å². The largest absolute Gasteiger partial charge is 0.481 e. The molecule has 1 aromatic carbocycles. The summed E-state index contributed by atoms with van der Waals surface area (Å²) in [6.45, 7) is 1.90. The summed E-state index contributed by atoms with van der Waals surface area (Å²) in [5.74, 6) is -0.862. The minimum atomic E-state index is -0.927. The van der Waals surface area contributed by atoms with Gasteiger partial charge in [0.15, 0.2) is 0 Å². The molecule has 0 saturated heterocycles. The van der Waals surface area contributed by atoms with Crippen LogP contribution in [-0.4, -0.2) is 30.3 Å². The molecule has 0 unspecified atom stereocenters. The Morgan fingerprint density at radius 2 is 2.00 bits per heavy atom. The fourth-order valence-corrected chi connectivity index (χ4v) is 2.63. The number of carbonyl (C=O) groups is 2. The Morgan fingerprint density at radius 1 is 1.37 bits per heavy atom. The van der Waals surface area contributed by atoms with Gasteiger partial charge >= 0.3 is 12.1 Å². The molecule has 1 amide bonds. The third-order valence-electron chi connectivity index (χ3n) is 3.70. The quantitative estimate of drug-likeness (QED) is 0.872. The van der Waals surface area contributed by atoms with Crippen LogP contribution in [0.15, 0.2) is 24.3 Å². The van der Waals surface area contributed by atoms with Crippen LogP contribution in [0.4, 0.5) is 4.79 Å². The number of alkyl carbamates (subject to hydrolysis) is 1. The van der Waals surface area contributed by atoms with E-state index in [-0.39, 0.29) is 6.10 Å². The second-order valence-corrected chi connectivity index (χ2v) is 4.89. The first-order chi connectivity index (χ1) is 8.99. The number of carboxylic acid groups (broad SMARTS) is 1. The fraction of sp³-hybridized carbons (Fsp3) is 0.429. The number of aryl methyl sites for hydroxylation is 1. The number of benzene rings is 1. The average molecular weight is 263 g/mol. The lowest BCUT2D eigenvalue weighted by atomic mass is 9.61. The Bertz CT molecular complexity index is 506. The number of rotatable bonds is 3. The van der Waals surface area contributed by atoms with E-state index in [0.717, 1.165) is 11.1 Å². The second-order valence-electron chi connectivity index (χ2n) is 4.89. The molecule has 0 heterocycles. The maximum atomic E-state index is 11.6. The Balaban J connectivity index is 2.18. The average Bonchev–Trinajstić information content (AvgIpc) is 2.33. The predicted octanol–water partition coefficient (Wildman–Crippen LogP) is 1.84. The molecule has 2 rings (SSSR count). The molecule has 0 aromatic heterocycles. The molecule has 0 aliphatic heterocycles. The lowest BCUT2D eigenvalue weighted by molar-refractivity contribution is -0.153. The maximum absolute atomic E-state index is 11.6. The van der Waals surface area contributed by atoms with Crippen molar-refractivity contribution in [2.75, 3.05) is 7.05 Å². The first-order valence-corrected chi connectivity index (χ1v) is 6.17. The Labute approximate surface area is 111 Å². The van der Waals surface area contributed by atoms with Gasteiger partial charge in [0.05, 0.1) is 5.41 Å². The van der Waals surface area contributed by atoms with Crippen LogP contribution in [0.2, 0.25) is 0 Å². The third kappa shape index (κ3) is 2.28. The molecule has 19 heavy (non-hydrogen) atoms. The molecule has 2 N–H and O–H groups in total. The van der Waals surface area contributed by atoms with E-state index in [9.17, 15) is 14.7 Å². The van der Waals surface area contributed by atoms with Crippen LogP contribution in [0.1, 0.15) is 24.0 Å². The van der Waals surface area contributed by atoms with Crippen LogP contribution in [0, 0.1) is 6.92 Å². The summed E-state index contributed by atoms with van der Waals surface area (Å²) in [5.41, 5.74) is 0.826. The summed E-state index contributed by atoms with van der Waals surface area (Å²) in [7, 11) is 1.48. The molecular weight excluding hydrogens is 246 g/mol. The summed E-state index contributed by atoms with van der Waals surface area (Å²) in [4.78, 5) is 22.7. The van der Waals surface area contributed by atoms with Crippen molar-refractivity contribution in [3.05, 3.63) is 35.4 Å². The van der Waals surface area contributed by atoms with Crippen LogP contribution in [-0.2, 0) is 14.9 Å². The second kappa shape index (κ2) is 4.91. The fourth-order valence-electron chi connectivity index (χ4n) is 2.63. The van der Waals surface area contributed by atoms with Gasteiger partial charge in [-0.1, -0.05) is 24.3 Å². The van der Waals surface area contributed by atoms with E-state index in [4.69, 9.17) is 4.74 Å². The molecule has 1 saturated carbocycles. The highest BCUT2D eigenvalue weighted by atomic mass is 16.6. The molecule has 1 fully saturated rings. The summed E-state index contributed by atoms with van der Waals surface area (Å²) in [6.07, 6.45) is -0.217. The molecule has 1 aliphatic rings. The number of amides is 1. The third-order valence-corrected chi connectivity index (χ3v) is 3.70. The predicted molar refractivity (Wildman–Crippen MR) is 69.1 cm³/mol. The smallest absolute Gasteiger partial charge is 0.407 e. The van der Waals surface area contributed by atoms with Gasteiger partial charge in [-0.05, 0) is 18.1 Å². The monoisotopic (exact) mass is 263 g/mol. The molecule has 1 aliphatic carbocycles. The van der Waals surface area contributed by atoms with E-state index in [1.807, 2.05) is 31.2 Å². The van der Waals surface area contributed by atoms with E-state index >= 15 is 0 Å². The summed E-state index contributed by atoms with van der Waals surface area (Å²) < 4.78 is 5.09. The topological polar surface area (TPSA) is 75.6 Å². The molecule has 0 spiro atoms. The van der Waals surface area contributed by atoms with Gasteiger partial charge in [-0.25, -0.2) is 4.79 Å². The van der Waals surface area contributed by atoms with Gasteiger partial charge in [0.2, 0.25) is 0 Å². The highest BCUT2D eigenvalue weighted by molar-refractivity contribution is 5.84. The van der Waals surface area contributed by atoms with Crippen molar-refractivity contribution in [3.8, 4) is 0 Å². The maximum Gasteiger partial charge on any atom is 0.407 e. The number of carboxylic acids is 1. The van der Waals surface area contributed by atoms with Crippen LogP contribution in [0.5, 0.6) is 0 Å². The van der Waals surface area contributed by atoms with Gasteiger partial charge in [-0.2, -0.15) is 0 Å². The van der Waals surface area contributed by atoms with Crippen LogP contribution < -0.4 is 5.32 Å². The molecule has 0 atom stereocenters. The lowest BCUT2D eigenvalue weighted by Crippen LogP contribution is -2.53. The molecule has 102 valence electrons. The van der Waals surface area contributed by atoms with E-state index in [2.05, 4.69) is 5.32 Å². The number of hydrogen-bond donors (Lipinski definition) is 2. The van der Waals surface area contributed by atoms with E-state index in [1.54, 1.807) is 0 Å². The van der Waals surface area contributed by atoms with Crippen LogP contribution in [0.25, 0.3) is 0 Å². The van der Waals surface area contributed by atoms with E-state index < -0.39 is 17.5 Å². The van der Waals surface area contributed by atoms with Crippen molar-refractivity contribution in [3.63, 3.8) is 0 Å². The first-order valence-electron chi connectivity index (χ1n) is 6.17. The Morgan fingerprint density at radius 3 is 2.53 bits per heavy atom. The van der Waals surface area contributed by atoms with Crippen molar-refractivity contribution in [1.29, 1.82) is 0 Å². The molecular formula is C14H17NO4. The van der Waals surface area contributed by atoms with Crippen molar-refractivity contribution < 1.29 is 19.4 Å². The standard InChI is InChI=1S/C14H17NO4/c1-9-5-3-4-6-11(9)14(12(16)17)7-10(8-14)19-13(18)15-2/h3-6,10H,7-8H2,1-2H3,(H,15,18)(H,16,17). The number of hydrogen-bond acceptors (Lipinski definition) is 3. The number of ether oxygens (including phenoxy) is 1. The summed E-state index contributed by atoms with van der Waals surface area (Å²) in [6, 6.07) is 7.44. The van der Waals surface area contributed by atoms with Crippen molar-refractivity contribution in [2.24, 2.45) is 0 Å². The van der Waals surface area contributed by atoms with Crippen LogP contribution >= 0.6 is 0 Å². The van der Waals surface area contributed by atoms with Gasteiger partial charge in [-0.3, -0.25) is 4.79 Å². The molecule has 0 radical (unpaired) electrons. The van der Waals surface area contributed by atoms with E-state index in [0.29, 0.717) is 12.8 Å². The molecule has 0 bridgehead atoms. The highest BCUT2D eigenvalue weighted by Gasteiger charge is 2.54. The van der Waals surface area contributed by atoms with Crippen molar-refractivity contribution in [1.82, 2.24) is 5.32 Å². The molecule has 5 heteroatoms. The Hall–Kier alpha value is -2.04. The zero-order chi connectivity index (χ0) is 14.0. The number of nitrogens with one attached hydrogen (secondary N) is 1. The van der Waals surface area contributed by atoms with Crippen molar-refractivity contribution >= 4 is 12.1 Å². The lowest BCUT2D eigenvalue weighted by Gasteiger charge is -2.44. The number of aliphatic carboxylic acids is 1. The van der Waals surface area contributed by atoms with E-state index in [1.165, 1.54) is 7.05 Å². The minimum Gasteiger partial charge on any atom is -0.481 e.